The zero-order valence-electron chi connectivity index (χ0n) is 7.89. The van der Waals surface area contributed by atoms with E-state index in [0.29, 0.717) is 18.6 Å². The molecule has 15 heavy (non-hydrogen) atoms. The van der Waals surface area contributed by atoms with Gasteiger partial charge in [0.25, 0.3) is 0 Å². The van der Waals surface area contributed by atoms with Gasteiger partial charge in [-0.3, -0.25) is 4.84 Å². The first-order valence-electron chi connectivity index (χ1n) is 4.59. The lowest BCUT2D eigenvalue weighted by Gasteiger charge is -2.19. The molecule has 0 radical (unpaired) electrons. The first-order chi connectivity index (χ1) is 7.18. The van der Waals surface area contributed by atoms with E-state index in [-0.39, 0.29) is 5.82 Å². The van der Waals surface area contributed by atoms with Crippen LogP contribution in [-0.2, 0) is 4.84 Å². The number of benzene rings is 1. The molecule has 1 saturated heterocycles. The monoisotopic (exact) mass is 211 g/mol. The van der Waals surface area contributed by atoms with E-state index in [1.165, 1.54) is 12.1 Å². The van der Waals surface area contributed by atoms with Gasteiger partial charge in [0.15, 0.2) is 0 Å². The van der Waals surface area contributed by atoms with Crippen molar-refractivity contribution in [2.75, 3.05) is 6.61 Å². The molecule has 5 heteroatoms. The molecule has 0 aromatic heterocycles. The normalized spacial score (nSPS) is 20.6. The van der Waals surface area contributed by atoms with Crippen molar-refractivity contribution >= 4 is 6.09 Å². The third-order valence-electron chi connectivity index (χ3n) is 2.33. The number of carbonyl (C=O) groups is 1. The first kappa shape index (κ1) is 9.92. The summed E-state index contributed by atoms with van der Waals surface area (Å²) in [6, 6.07) is 5.50. The average Bonchev–Trinajstić information content (AvgIpc) is 2.65. The first-order valence-corrected chi connectivity index (χ1v) is 4.59. The van der Waals surface area contributed by atoms with Crippen LogP contribution in [0.4, 0.5) is 9.18 Å². The summed E-state index contributed by atoms with van der Waals surface area (Å²) in [4.78, 5) is 15.7. The van der Waals surface area contributed by atoms with Crippen LogP contribution in [0.5, 0.6) is 0 Å². The van der Waals surface area contributed by atoms with Crippen LogP contribution in [0.15, 0.2) is 24.3 Å². The number of hydrogen-bond acceptors (Lipinski definition) is 2. The van der Waals surface area contributed by atoms with Crippen LogP contribution in [0.3, 0.4) is 0 Å². The summed E-state index contributed by atoms with van der Waals surface area (Å²) in [7, 11) is 0. The van der Waals surface area contributed by atoms with Gasteiger partial charge >= 0.3 is 6.09 Å². The minimum atomic E-state index is -1.15. The maximum Gasteiger partial charge on any atom is 0.432 e. The van der Waals surface area contributed by atoms with Crippen molar-refractivity contribution in [3.8, 4) is 0 Å². The molecule has 1 N–H and O–H groups in total. The molecule has 4 nitrogen and oxygen atoms in total. The quantitative estimate of drug-likeness (QED) is 0.774. The van der Waals surface area contributed by atoms with E-state index >= 15 is 0 Å². The predicted molar refractivity (Wildman–Crippen MR) is 49.6 cm³/mol. The largest absolute Gasteiger partial charge is 0.463 e. The van der Waals surface area contributed by atoms with Gasteiger partial charge in [-0.25, -0.2) is 9.18 Å². The van der Waals surface area contributed by atoms with Crippen LogP contribution in [0.25, 0.3) is 0 Å². The standard InChI is InChI=1S/C10H10FNO3/c11-8-3-1-2-7(6-8)9-4-5-15-12(9)10(13)14/h1-3,6,9H,4-5H2,(H,13,14)/t9-/m0/s1. The number of hydroxylamine groups is 2. The lowest BCUT2D eigenvalue weighted by molar-refractivity contribution is -0.104. The van der Waals surface area contributed by atoms with Crippen molar-refractivity contribution in [1.82, 2.24) is 5.06 Å². The van der Waals surface area contributed by atoms with Crippen molar-refractivity contribution in [2.45, 2.75) is 12.5 Å². The van der Waals surface area contributed by atoms with Crippen molar-refractivity contribution in [3.05, 3.63) is 35.6 Å². The van der Waals surface area contributed by atoms with Gasteiger partial charge in [-0.1, -0.05) is 12.1 Å². The van der Waals surface area contributed by atoms with Gasteiger partial charge in [-0.05, 0) is 17.7 Å². The minimum absolute atomic E-state index is 0.341. The van der Waals surface area contributed by atoms with Crippen LogP contribution in [-0.4, -0.2) is 22.9 Å². The zero-order chi connectivity index (χ0) is 10.8. The molecule has 1 fully saturated rings. The molecule has 1 aliphatic heterocycles. The molecule has 0 aliphatic carbocycles. The van der Waals surface area contributed by atoms with Gasteiger partial charge in [0, 0.05) is 6.42 Å². The highest BCUT2D eigenvalue weighted by molar-refractivity contribution is 5.64. The summed E-state index contributed by atoms with van der Waals surface area (Å²) in [5.41, 5.74) is 0.620. The molecule has 0 bridgehead atoms. The second-order valence-electron chi connectivity index (χ2n) is 3.30. The molecule has 0 saturated carbocycles. The van der Waals surface area contributed by atoms with E-state index in [1.54, 1.807) is 12.1 Å². The summed E-state index contributed by atoms with van der Waals surface area (Å²) in [6.45, 7) is 0.341. The number of carboxylic acid groups (broad SMARTS) is 1. The van der Waals surface area contributed by atoms with Crippen molar-refractivity contribution in [1.29, 1.82) is 0 Å². The fourth-order valence-corrected chi connectivity index (χ4v) is 1.67. The molecule has 1 amide bonds. The second-order valence-corrected chi connectivity index (χ2v) is 3.30. The summed E-state index contributed by atoms with van der Waals surface area (Å²) in [5, 5.41) is 9.69. The van der Waals surface area contributed by atoms with E-state index in [9.17, 15) is 9.18 Å². The molecular weight excluding hydrogens is 201 g/mol. The Morgan fingerprint density at radius 1 is 1.60 bits per heavy atom. The van der Waals surface area contributed by atoms with Crippen molar-refractivity contribution < 1.29 is 19.1 Å². The molecule has 0 spiro atoms. The van der Waals surface area contributed by atoms with Crippen molar-refractivity contribution in [3.63, 3.8) is 0 Å². The summed E-state index contributed by atoms with van der Waals surface area (Å²) < 4.78 is 12.9. The Hall–Kier alpha value is -1.62. The molecule has 1 aromatic carbocycles. The number of rotatable bonds is 1. The summed E-state index contributed by atoms with van der Waals surface area (Å²) in [6.07, 6.45) is -0.600. The molecular formula is C10H10FNO3. The van der Waals surface area contributed by atoms with Crippen LogP contribution >= 0.6 is 0 Å². The molecule has 2 rings (SSSR count). The van der Waals surface area contributed by atoms with E-state index in [0.717, 1.165) is 5.06 Å². The smallest absolute Gasteiger partial charge is 0.432 e. The predicted octanol–water partition coefficient (Wildman–Crippen LogP) is 2.18. The summed E-state index contributed by atoms with van der Waals surface area (Å²) >= 11 is 0. The third kappa shape index (κ3) is 1.92. The third-order valence-corrected chi connectivity index (χ3v) is 2.33. The number of amides is 1. The fourth-order valence-electron chi connectivity index (χ4n) is 1.67. The van der Waals surface area contributed by atoms with Crippen LogP contribution < -0.4 is 0 Å². The van der Waals surface area contributed by atoms with E-state index < -0.39 is 12.1 Å². The highest BCUT2D eigenvalue weighted by atomic mass is 19.1. The highest BCUT2D eigenvalue weighted by Gasteiger charge is 2.31. The molecule has 80 valence electrons. The maximum atomic E-state index is 12.9. The Balaban J connectivity index is 2.26. The van der Waals surface area contributed by atoms with Gasteiger partial charge in [0.1, 0.15) is 5.82 Å². The lowest BCUT2D eigenvalue weighted by Crippen LogP contribution is -2.27. The zero-order valence-corrected chi connectivity index (χ0v) is 7.89. The topological polar surface area (TPSA) is 49.8 Å². The SMILES string of the molecule is O=C(O)N1OCC[C@H]1c1cccc(F)c1. The van der Waals surface area contributed by atoms with Gasteiger partial charge in [0.2, 0.25) is 0 Å². The average molecular weight is 211 g/mol. The number of nitrogens with zero attached hydrogens (tertiary/aromatic N) is 1. The molecule has 1 aromatic rings. The van der Waals surface area contributed by atoms with E-state index in [4.69, 9.17) is 9.94 Å². The molecule has 0 unspecified atom stereocenters. The molecule has 1 aliphatic rings. The summed E-state index contributed by atoms with van der Waals surface area (Å²) in [5.74, 6) is -0.371. The Morgan fingerprint density at radius 2 is 2.40 bits per heavy atom. The van der Waals surface area contributed by atoms with Gasteiger partial charge in [-0.2, -0.15) is 5.06 Å². The molecule has 1 atom stereocenters. The van der Waals surface area contributed by atoms with Crippen molar-refractivity contribution in [2.24, 2.45) is 0 Å². The minimum Gasteiger partial charge on any atom is -0.463 e. The van der Waals surface area contributed by atoms with Gasteiger partial charge < -0.3 is 5.11 Å². The van der Waals surface area contributed by atoms with Gasteiger partial charge in [-0.15, -0.1) is 0 Å². The van der Waals surface area contributed by atoms with Crippen LogP contribution in [0, 0.1) is 5.82 Å². The highest BCUT2D eigenvalue weighted by Crippen LogP contribution is 2.30. The Labute approximate surface area is 85.8 Å². The number of hydrogen-bond donors (Lipinski definition) is 1. The maximum absolute atomic E-state index is 12.9. The molecule has 1 heterocycles. The van der Waals surface area contributed by atoms with Crippen LogP contribution in [0.2, 0.25) is 0 Å². The van der Waals surface area contributed by atoms with Crippen LogP contribution in [0.1, 0.15) is 18.0 Å². The lowest BCUT2D eigenvalue weighted by atomic mass is 10.0. The fraction of sp³-hybridized carbons (Fsp3) is 0.300. The van der Waals surface area contributed by atoms with E-state index in [2.05, 4.69) is 0 Å². The van der Waals surface area contributed by atoms with E-state index in [1.807, 2.05) is 0 Å². The van der Waals surface area contributed by atoms with Gasteiger partial charge in [0.05, 0.1) is 12.6 Å². The Kier molecular flexibility index (Phi) is 2.55. The number of halogens is 1. The second kappa shape index (κ2) is 3.86. The Bertz CT molecular complexity index is 383. The Morgan fingerprint density at radius 3 is 3.07 bits per heavy atom.